The molecule has 0 saturated carbocycles. The van der Waals surface area contributed by atoms with Crippen molar-refractivity contribution in [1.29, 1.82) is 0 Å². The zero-order valence-corrected chi connectivity index (χ0v) is 18.1. The molecule has 0 aliphatic carbocycles. The van der Waals surface area contributed by atoms with Gasteiger partial charge in [-0.1, -0.05) is 18.2 Å². The van der Waals surface area contributed by atoms with E-state index in [1.54, 1.807) is 13.3 Å². The minimum absolute atomic E-state index is 0.0516. The first-order valence-electron chi connectivity index (χ1n) is 10.7. The maximum absolute atomic E-state index is 12.5. The molecule has 0 atom stereocenters. The van der Waals surface area contributed by atoms with Crippen LogP contribution in [-0.4, -0.2) is 51.8 Å². The van der Waals surface area contributed by atoms with Crippen molar-refractivity contribution in [1.82, 2.24) is 25.0 Å². The fourth-order valence-corrected chi connectivity index (χ4v) is 4.07. The molecule has 162 valence electrons. The van der Waals surface area contributed by atoms with Gasteiger partial charge in [0.1, 0.15) is 5.75 Å². The van der Waals surface area contributed by atoms with E-state index < -0.39 is 0 Å². The van der Waals surface area contributed by atoms with Crippen LogP contribution in [-0.2, 0) is 24.8 Å². The Balaban J connectivity index is 1.27. The van der Waals surface area contributed by atoms with Gasteiger partial charge in [-0.25, -0.2) is 0 Å². The van der Waals surface area contributed by atoms with Crippen LogP contribution in [0.2, 0.25) is 0 Å². The monoisotopic (exact) mass is 419 g/mol. The Morgan fingerprint density at radius 3 is 2.74 bits per heavy atom. The average Bonchev–Trinajstić information content (AvgIpc) is 3.16. The second-order valence-electron chi connectivity index (χ2n) is 7.99. The average molecular weight is 420 g/mol. The fourth-order valence-electron chi connectivity index (χ4n) is 4.07. The highest BCUT2D eigenvalue weighted by molar-refractivity contribution is 5.79. The van der Waals surface area contributed by atoms with Gasteiger partial charge < -0.3 is 10.1 Å². The number of likely N-dealkylation sites (tertiary alicyclic amines) is 1. The Morgan fingerprint density at radius 2 is 2.00 bits per heavy atom. The van der Waals surface area contributed by atoms with E-state index in [2.05, 4.69) is 26.4 Å². The Hall–Kier alpha value is -3.19. The van der Waals surface area contributed by atoms with Gasteiger partial charge in [-0.15, -0.1) is 0 Å². The highest BCUT2D eigenvalue weighted by Crippen LogP contribution is 2.21. The summed E-state index contributed by atoms with van der Waals surface area (Å²) in [4.78, 5) is 19.1. The molecule has 4 rings (SSSR count). The predicted molar refractivity (Wildman–Crippen MR) is 120 cm³/mol. The van der Waals surface area contributed by atoms with E-state index in [9.17, 15) is 4.79 Å². The molecule has 0 bridgehead atoms. The van der Waals surface area contributed by atoms with Crippen LogP contribution in [0.25, 0.3) is 11.3 Å². The standard InChI is InChI=1S/C24H29N5O2/c1-28-21(15-22(27-28)19-7-5-11-25-16-19)17-29-12-9-20(10-13-29)26-24(30)14-18-6-3-4-8-23(18)31-2/h3-8,11,15-16,20H,9-10,12-14,17H2,1-2H3,(H,26,30). The first-order chi connectivity index (χ1) is 15.1. The van der Waals surface area contributed by atoms with Crippen LogP contribution in [0, 0.1) is 0 Å². The van der Waals surface area contributed by atoms with Crippen molar-refractivity contribution in [2.75, 3.05) is 20.2 Å². The first kappa shape index (κ1) is 21.1. The summed E-state index contributed by atoms with van der Waals surface area (Å²) >= 11 is 0. The highest BCUT2D eigenvalue weighted by Gasteiger charge is 2.22. The molecule has 1 fully saturated rings. The minimum atomic E-state index is 0.0516. The Morgan fingerprint density at radius 1 is 1.19 bits per heavy atom. The van der Waals surface area contributed by atoms with Gasteiger partial charge in [0.15, 0.2) is 0 Å². The second-order valence-corrected chi connectivity index (χ2v) is 7.99. The number of carbonyl (C=O) groups is 1. The van der Waals surface area contributed by atoms with Gasteiger partial charge in [-0.05, 0) is 37.1 Å². The van der Waals surface area contributed by atoms with Crippen LogP contribution >= 0.6 is 0 Å². The second kappa shape index (κ2) is 9.75. The number of nitrogens with one attached hydrogen (secondary N) is 1. The molecule has 1 amide bonds. The predicted octanol–water partition coefficient (Wildman–Crippen LogP) is 2.81. The molecule has 7 heteroatoms. The number of para-hydroxylation sites is 1. The number of aromatic nitrogens is 3. The van der Waals surface area contributed by atoms with Crippen molar-refractivity contribution in [3.63, 3.8) is 0 Å². The number of methoxy groups -OCH3 is 1. The van der Waals surface area contributed by atoms with Gasteiger partial charge in [-0.3, -0.25) is 19.4 Å². The van der Waals surface area contributed by atoms with E-state index >= 15 is 0 Å². The summed E-state index contributed by atoms with van der Waals surface area (Å²) < 4.78 is 7.30. The molecule has 1 aromatic carbocycles. The number of rotatable bonds is 7. The summed E-state index contributed by atoms with van der Waals surface area (Å²) in [7, 11) is 3.62. The number of hydrogen-bond acceptors (Lipinski definition) is 5. The molecule has 1 aliphatic heterocycles. The topological polar surface area (TPSA) is 72.3 Å². The lowest BCUT2D eigenvalue weighted by molar-refractivity contribution is -0.121. The van der Waals surface area contributed by atoms with Gasteiger partial charge in [0, 0.05) is 56.2 Å². The molecule has 7 nitrogen and oxygen atoms in total. The van der Waals surface area contributed by atoms with Crippen LogP contribution in [0.15, 0.2) is 54.9 Å². The lowest BCUT2D eigenvalue weighted by Crippen LogP contribution is -2.44. The molecule has 3 heterocycles. The Kier molecular flexibility index (Phi) is 6.62. The van der Waals surface area contributed by atoms with Gasteiger partial charge in [-0.2, -0.15) is 5.10 Å². The van der Waals surface area contributed by atoms with Gasteiger partial charge in [0.2, 0.25) is 5.91 Å². The number of nitrogens with zero attached hydrogens (tertiary/aromatic N) is 4. The van der Waals surface area contributed by atoms with E-state index in [4.69, 9.17) is 4.74 Å². The van der Waals surface area contributed by atoms with E-state index in [0.29, 0.717) is 6.42 Å². The quantitative estimate of drug-likeness (QED) is 0.638. The Labute approximate surface area is 183 Å². The van der Waals surface area contributed by atoms with Crippen molar-refractivity contribution < 1.29 is 9.53 Å². The largest absolute Gasteiger partial charge is 0.496 e. The molecular formula is C24H29N5O2. The number of aryl methyl sites for hydroxylation is 1. The van der Waals surface area contributed by atoms with E-state index in [1.165, 1.54) is 5.69 Å². The van der Waals surface area contributed by atoms with Crippen molar-refractivity contribution in [3.8, 4) is 17.0 Å². The number of benzene rings is 1. The lowest BCUT2D eigenvalue weighted by Gasteiger charge is -2.32. The molecule has 1 N–H and O–H groups in total. The SMILES string of the molecule is COc1ccccc1CC(=O)NC1CCN(Cc2cc(-c3cccnc3)nn2C)CC1. The fraction of sp³-hybridized carbons (Fsp3) is 0.375. The van der Waals surface area contributed by atoms with Crippen LogP contribution in [0.1, 0.15) is 24.1 Å². The summed E-state index contributed by atoms with van der Waals surface area (Å²) in [6.45, 7) is 2.76. The van der Waals surface area contributed by atoms with Crippen LogP contribution in [0.4, 0.5) is 0 Å². The summed E-state index contributed by atoms with van der Waals surface area (Å²) in [5, 5.41) is 7.83. The van der Waals surface area contributed by atoms with Gasteiger partial charge in [0.25, 0.3) is 0 Å². The van der Waals surface area contributed by atoms with Gasteiger partial charge >= 0.3 is 0 Å². The van der Waals surface area contributed by atoms with Crippen LogP contribution < -0.4 is 10.1 Å². The van der Waals surface area contributed by atoms with E-state index in [0.717, 1.165) is 55.0 Å². The van der Waals surface area contributed by atoms with E-state index in [1.807, 2.05) is 54.3 Å². The van der Waals surface area contributed by atoms with Crippen molar-refractivity contribution in [2.45, 2.75) is 31.8 Å². The van der Waals surface area contributed by atoms with E-state index in [-0.39, 0.29) is 11.9 Å². The maximum Gasteiger partial charge on any atom is 0.224 e. The number of ether oxygens (including phenoxy) is 1. The smallest absolute Gasteiger partial charge is 0.224 e. The summed E-state index contributed by atoms with van der Waals surface area (Å²) in [6, 6.07) is 14.0. The van der Waals surface area contributed by atoms with Crippen molar-refractivity contribution >= 4 is 5.91 Å². The number of amides is 1. The summed E-state index contributed by atoms with van der Waals surface area (Å²) in [5.41, 5.74) is 4.07. The highest BCUT2D eigenvalue weighted by atomic mass is 16.5. The molecule has 1 aliphatic rings. The zero-order chi connectivity index (χ0) is 21.6. The normalized spacial score (nSPS) is 15.0. The zero-order valence-electron chi connectivity index (χ0n) is 18.1. The molecule has 1 saturated heterocycles. The van der Waals surface area contributed by atoms with Crippen molar-refractivity contribution in [3.05, 3.63) is 66.1 Å². The number of piperidine rings is 1. The molecule has 3 aromatic rings. The molecule has 31 heavy (non-hydrogen) atoms. The van der Waals surface area contributed by atoms with Crippen LogP contribution in [0.3, 0.4) is 0 Å². The number of carbonyl (C=O) groups excluding carboxylic acids is 1. The van der Waals surface area contributed by atoms with Gasteiger partial charge in [0.05, 0.1) is 24.9 Å². The molecule has 0 radical (unpaired) electrons. The summed E-state index contributed by atoms with van der Waals surface area (Å²) in [6.07, 6.45) is 5.85. The van der Waals surface area contributed by atoms with Crippen molar-refractivity contribution in [2.24, 2.45) is 7.05 Å². The number of pyridine rings is 1. The summed E-state index contributed by atoms with van der Waals surface area (Å²) in [5.74, 6) is 0.810. The first-order valence-corrected chi connectivity index (χ1v) is 10.7. The maximum atomic E-state index is 12.5. The van der Waals surface area contributed by atoms with Crippen LogP contribution in [0.5, 0.6) is 5.75 Å². The minimum Gasteiger partial charge on any atom is -0.496 e. The molecule has 0 unspecified atom stereocenters. The third kappa shape index (κ3) is 5.30. The third-order valence-electron chi connectivity index (χ3n) is 5.82. The molecule has 0 spiro atoms. The number of hydrogen-bond donors (Lipinski definition) is 1. The lowest BCUT2D eigenvalue weighted by atomic mass is 10.0. The third-order valence-corrected chi connectivity index (χ3v) is 5.82. The molecule has 2 aromatic heterocycles. The molecular weight excluding hydrogens is 390 g/mol. The Bertz CT molecular complexity index is 1010.